The Labute approximate surface area is 153 Å². The number of aryl methyl sites for hydroxylation is 1. The van der Waals surface area contributed by atoms with Crippen molar-refractivity contribution in [2.24, 2.45) is 0 Å². The summed E-state index contributed by atoms with van der Waals surface area (Å²) < 4.78 is 0. The SMILES string of the molecule is N#Cc1ccc(C(=O)N2CCN([C@H]3CCc4ccccc4C3)CC2)cn1. The lowest BCUT2D eigenvalue weighted by atomic mass is 9.87. The van der Waals surface area contributed by atoms with Crippen LogP contribution in [0.3, 0.4) is 0 Å². The first-order chi connectivity index (χ1) is 12.7. The van der Waals surface area contributed by atoms with Crippen LogP contribution in [0.2, 0.25) is 0 Å². The maximum atomic E-state index is 12.6. The number of pyridine rings is 1. The molecule has 1 aromatic heterocycles. The van der Waals surface area contributed by atoms with Gasteiger partial charge >= 0.3 is 0 Å². The average Bonchev–Trinajstić information content (AvgIpc) is 2.73. The molecule has 1 aromatic carbocycles. The van der Waals surface area contributed by atoms with Gasteiger partial charge in [0, 0.05) is 38.4 Å². The molecular formula is C21H22N4O. The van der Waals surface area contributed by atoms with E-state index in [1.54, 1.807) is 12.1 Å². The minimum absolute atomic E-state index is 0.00984. The summed E-state index contributed by atoms with van der Waals surface area (Å²) in [4.78, 5) is 21.1. The summed E-state index contributed by atoms with van der Waals surface area (Å²) in [6.45, 7) is 3.33. The van der Waals surface area contributed by atoms with E-state index in [9.17, 15) is 4.79 Å². The van der Waals surface area contributed by atoms with Crippen molar-refractivity contribution in [3.05, 3.63) is 65.0 Å². The van der Waals surface area contributed by atoms with Crippen molar-refractivity contribution in [2.75, 3.05) is 26.2 Å². The zero-order chi connectivity index (χ0) is 17.9. The largest absolute Gasteiger partial charge is 0.336 e. The Hall–Kier alpha value is -2.71. The molecule has 1 aliphatic heterocycles. The van der Waals surface area contributed by atoms with E-state index in [-0.39, 0.29) is 5.91 Å². The van der Waals surface area contributed by atoms with Crippen molar-refractivity contribution < 1.29 is 4.79 Å². The molecule has 132 valence electrons. The highest BCUT2D eigenvalue weighted by Gasteiger charge is 2.29. The van der Waals surface area contributed by atoms with Crippen molar-refractivity contribution in [1.82, 2.24) is 14.8 Å². The van der Waals surface area contributed by atoms with Gasteiger partial charge in [-0.25, -0.2) is 4.98 Å². The van der Waals surface area contributed by atoms with Crippen LogP contribution in [0.25, 0.3) is 0 Å². The van der Waals surface area contributed by atoms with Gasteiger partial charge in [-0.3, -0.25) is 9.69 Å². The van der Waals surface area contributed by atoms with Crippen LogP contribution >= 0.6 is 0 Å². The summed E-state index contributed by atoms with van der Waals surface area (Å²) in [5, 5.41) is 8.82. The monoisotopic (exact) mass is 346 g/mol. The molecule has 5 nitrogen and oxygen atoms in total. The third-order valence-electron chi connectivity index (χ3n) is 5.56. The fourth-order valence-corrected chi connectivity index (χ4v) is 4.05. The molecule has 0 N–H and O–H groups in total. The number of hydrogen-bond donors (Lipinski definition) is 0. The Morgan fingerprint density at radius 1 is 1.08 bits per heavy atom. The molecule has 2 aromatic rings. The first-order valence-electron chi connectivity index (χ1n) is 9.21. The van der Waals surface area contributed by atoms with Gasteiger partial charge in [0.15, 0.2) is 0 Å². The van der Waals surface area contributed by atoms with Gasteiger partial charge in [0.1, 0.15) is 11.8 Å². The normalized spacial score (nSPS) is 20.3. The quantitative estimate of drug-likeness (QED) is 0.837. The van der Waals surface area contributed by atoms with Gasteiger partial charge in [-0.05, 0) is 42.5 Å². The average molecular weight is 346 g/mol. The summed E-state index contributed by atoms with van der Waals surface area (Å²) in [6, 6.07) is 14.6. The maximum Gasteiger partial charge on any atom is 0.255 e. The molecule has 0 spiro atoms. The van der Waals surface area contributed by atoms with E-state index in [1.807, 2.05) is 11.0 Å². The summed E-state index contributed by atoms with van der Waals surface area (Å²) >= 11 is 0. The van der Waals surface area contributed by atoms with Crippen molar-refractivity contribution in [3.8, 4) is 6.07 Å². The van der Waals surface area contributed by atoms with Crippen molar-refractivity contribution in [1.29, 1.82) is 5.26 Å². The van der Waals surface area contributed by atoms with Crippen molar-refractivity contribution in [2.45, 2.75) is 25.3 Å². The van der Waals surface area contributed by atoms with E-state index in [2.05, 4.69) is 34.1 Å². The Bertz CT molecular complexity index is 832. The first kappa shape index (κ1) is 16.7. The number of nitrogens with zero attached hydrogens (tertiary/aromatic N) is 4. The summed E-state index contributed by atoms with van der Waals surface area (Å²) in [7, 11) is 0. The van der Waals surface area contributed by atoms with Gasteiger partial charge < -0.3 is 4.90 Å². The number of amides is 1. The molecule has 2 heterocycles. The molecule has 0 radical (unpaired) electrons. The fourth-order valence-electron chi connectivity index (χ4n) is 4.05. The molecule has 5 heteroatoms. The second-order valence-corrected chi connectivity index (χ2v) is 7.04. The topological polar surface area (TPSA) is 60.2 Å². The summed E-state index contributed by atoms with van der Waals surface area (Å²) in [6.07, 6.45) is 4.97. The lowest BCUT2D eigenvalue weighted by molar-refractivity contribution is 0.0552. The van der Waals surface area contributed by atoms with Gasteiger partial charge in [-0.1, -0.05) is 24.3 Å². The Balaban J connectivity index is 1.35. The van der Waals surface area contributed by atoms with Crippen LogP contribution in [-0.2, 0) is 12.8 Å². The van der Waals surface area contributed by atoms with Crippen LogP contribution in [-0.4, -0.2) is 52.9 Å². The van der Waals surface area contributed by atoms with Crippen molar-refractivity contribution in [3.63, 3.8) is 0 Å². The number of carbonyl (C=O) groups is 1. The highest BCUT2D eigenvalue weighted by Crippen LogP contribution is 2.25. The minimum atomic E-state index is 0.00984. The molecule has 2 aliphatic rings. The highest BCUT2D eigenvalue weighted by molar-refractivity contribution is 5.94. The number of rotatable bonds is 2. The Kier molecular flexibility index (Phi) is 4.68. The third kappa shape index (κ3) is 3.33. The zero-order valence-corrected chi connectivity index (χ0v) is 14.8. The molecule has 26 heavy (non-hydrogen) atoms. The highest BCUT2D eigenvalue weighted by atomic mass is 16.2. The number of nitriles is 1. The molecule has 1 fully saturated rings. The summed E-state index contributed by atoms with van der Waals surface area (Å²) in [5.41, 5.74) is 3.87. The van der Waals surface area contributed by atoms with Crippen LogP contribution in [0, 0.1) is 11.3 Å². The van der Waals surface area contributed by atoms with E-state index < -0.39 is 0 Å². The van der Waals surface area contributed by atoms with Gasteiger partial charge in [0.05, 0.1) is 5.56 Å². The zero-order valence-electron chi connectivity index (χ0n) is 14.8. The lowest BCUT2D eigenvalue weighted by Gasteiger charge is -2.41. The molecule has 0 bridgehead atoms. The molecule has 1 atom stereocenters. The predicted molar refractivity (Wildman–Crippen MR) is 98.7 cm³/mol. The molecule has 0 unspecified atom stereocenters. The molecule has 1 aliphatic carbocycles. The van der Waals surface area contributed by atoms with Crippen LogP contribution in [0.1, 0.15) is 33.6 Å². The Morgan fingerprint density at radius 3 is 2.54 bits per heavy atom. The second-order valence-electron chi connectivity index (χ2n) is 7.04. The van der Waals surface area contributed by atoms with Gasteiger partial charge in [-0.2, -0.15) is 5.26 Å². The van der Waals surface area contributed by atoms with E-state index >= 15 is 0 Å². The number of carbonyl (C=O) groups excluding carboxylic acids is 1. The second kappa shape index (κ2) is 7.27. The van der Waals surface area contributed by atoms with E-state index in [1.165, 1.54) is 23.7 Å². The van der Waals surface area contributed by atoms with Crippen LogP contribution in [0.4, 0.5) is 0 Å². The molecule has 4 rings (SSSR count). The smallest absolute Gasteiger partial charge is 0.255 e. The number of hydrogen-bond acceptors (Lipinski definition) is 4. The van der Waals surface area contributed by atoms with Crippen LogP contribution in [0.15, 0.2) is 42.6 Å². The van der Waals surface area contributed by atoms with Gasteiger partial charge in [-0.15, -0.1) is 0 Å². The van der Waals surface area contributed by atoms with Crippen LogP contribution < -0.4 is 0 Å². The maximum absolute atomic E-state index is 12.6. The minimum Gasteiger partial charge on any atom is -0.336 e. The number of piperazine rings is 1. The number of benzene rings is 1. The van der Waals surface area contributed by atoms with E-state index in [0.717, 1.165) is 39.0 Å². The standard InChI is InChI=1S/C21H22N4O/c22-14-19-7-5-18(15-23-19)21(26)25-11-9-24(10-12-25)20-8-6-16-3-1-2-4-17(16)13-20/h1-5,7,15,20H,6,8-13H2/t20-/m0/s1. The van der Waals surface area contributed by atoms with E-state index in [4.69, 9.17) is 5.26 Å². The van der Waals surface area contributed by atoms with E-state index in [0.29, 0.717) is 17.3 Å². The number of aromatic nitrogens is 1. The molecule has 1 amide bonds. The molecule has 1 saturated heterocycles. The van der Waals surface area contributed by atoms with Gasteiger partial charge in [0.2, 0.25) is 0 Å². The van der Waals surface area contributed by atoms with Gasteiger partial charge in [0.25, 0.3) is 5.91 Å². The third-order valence-corrected chi connectivity index (χ3v) is 5.56. The van der Waals surface area contributed by atoms with Crippen LogP contribution in [0.5, 0.6) is 0 Å². The first-order valence-corrected chi connectivity index (χ1v) is 9.21. The predicted octanol–water partition coefficient (Wildman–Crippen LogP) is 2.27. The molecule has 0 saturated carbocycles. The Morgan fingerprint density at radius 2 is 1.85 bits per heavy atom. The lowest BCUT2D eigenvalue weighted by Crippen LogP contribution is -2.53. The molecular weight excluding hydrogens is 324 g/mol. The summed E-state index contributed by atoms with van der Waals surface area (Å²) in [5.74, 6) is 0.00984. The number of fused-ring (bicyclic) bond motifs is 1. The van der Waals surface area contributed by atoms with Crippen molar-refractivity contribution >= 4 is 5.91 Å². The fraction of sp³-hybridized carbons (Fsp3) is 0.381.